The summed E-state index contributed by atoms with van der Waals surface area (Å²) in [6, 6.07) is 19.9. The molecule has 0 saturated carbocycles. The number of carbonyl (C=O) groups excluding carboxylic acids is 1. The quantitative estimate of drug-likeness (QED) is 0.247. The highest BCUT2D eigenvalue weighted by Gasteiger charge is 2.42. The first-order valence-corrected chi connectivity index (χ1v) is 15.2. The van der Waals surface area contributed by atoms with Crippen LogP contribution >= 0.6 is 0 Å². The van der Waals surface area contributed by atoms with Gasteiger partial charge in [0.05, 0.1) is 22.7 Å². The molecule has 0 bridgehead atoms. The first kappa shape index (κ1) is 29.8. The Balaban J connectivity index is 1.33. The topological polar surface area (TPSA) is 113 Å². The van der Waals surface area contributed by atoms with E-state index in [4.69, 9.17) is 4.74 Å². The predicted octanol–water partition coefficient (Wildman–Crippen LogP) is 5.43. The average Bonchev–Trinajstić information content (AvgIpc) is 3.37. The van der Waals surface area contributed by atoms with Crippen molar-refractivity contribution in [2.45, 2.75) is 38.1 Å². The summed E-state index contributed by atoms with van der Waals surface area (Å²) in [5.41, 5.74) is 4.94. The second-order valence-corrected chi connectivity index (χ2v) is 12.3. The van der Waals surface area contributed by atoms with Crippen molar-refractivity contribution in [2.75, 3.05) is 17.5 Å². The normalized spacial score (nSPS) is 14.3. The molecule has 5 rings (SSSR count). The van der Waals surface area contributed by atoms with Gasteiger partial charge in [-0.15, -0.1) is 0 Å². The van der Waals surface area contributed by atoms with Gasteiger partial charge in [-0.2, -0.15) is 0 Å². The van der Waals surface area contributed by atoms with Crippen molar-refractivity contribution in [1.29, 1.82) is 0 Å². The summed E-state index contributed by atoms with van der Waals surface area (Å²) in [4.78, 5) is 24.7. The largest absolute Gasteiger partial charge is 0.491 e. The number of nitrogens with one attached hydrogen (secondary N) is 1. The van der Waals surface area contributed by atoms with Gasteiger partial charge in [-0.1, -0.05) is 36.4 Å². The number of carboxylic acid groups (broad SMARTS) is 1. The van der Waals surface area contributed by atoms with Crippen LogP contribution in [0.25, 0.3) is 11.1 Å². The van der Waals surface area contributed by atoms with Gasteiger partial charge in [-0.05, 0) is 96.6 Å². The van der Waals surface area contributed by atoms with E-state index in [0.29, 0.717) is 22.6 Å². The minimum Gasteiger partial charge on any atom is -0.491 e. The third kappa shape index (κ3) is 5.96. The maximum Gasteiger partial charge on any atom is 0.335 e. The molecule has 43 heavy (non-hydrogen) atoms. The summed E-state index contributed by atoms with van der Waals surface area (Å²) in [5, 5.41) is 12.0. The molecule has 222 valence electrons. The number of benzene rings is 4. The van der Waals surface area contributed by atoms with Gasteiger partial charge in [0.1, 0.15) is 24.2 Å². The van der Waals surface area contributed by atoms with Crippen LogP contribution in [-0.4, -0.2) is 44.6 Å². The number of aryl methyl sites for hydroxylation is 3. The van der Waals surface area contributed by atoms with Gasteiger partial charge in [0.2, 0.25) is 5.91 Å². The molecule has 0 fully saturated rings. The van der Waals surface area contributed by atoms with Crippen LogP contribution in [0.15, 0.2) is 83.8 Å². The molecule has 4 aromatic rings. The predicted molar refractivity (Wildman–Crippen MR) is 162 cm³/mol. The van der Waals surface area contributed by atoms with Crippen molar-refractivity contribution >= 4 is 27.6 Å². The monoisotopic (exact) mass is 602 g/mol. The first-order chi connectivity index (χ1) is 20.5. The maximum atomic E-state index is 14.0. The number of carboxylic acids is 1. The van der Waals surface area contributed by atoms with E-state index in [1.54, 1.807) is 63.2 Å². The first-order valence-electron chi connectivity index (χ1n) is 13.7. The minimum absolute atomic E-state index is 0.0320. The summed E-state index contributed by atoms with van der Waals surface area (Å²) in [6.07, 6.45) is 0.212. The molecule has 4 aromatic carbocycles. The van der Waals surface area contributed by atoms with Gasteiger partial charge in [-0.3, -0.25) is 9.10 Å². The molecule has 0 radical (unpaired) electrons. The average molecular weight is 603 g/mol. The Labute approximate surface area is 249 Å². The van der Waals surface area contributed by atoms with Gasteiger partial charge in [0.15, 0.2) is 0 Å². The number of fused-ring (bicyclic) bond motifs is 1. The van der Waals surface area contributed by atoms with Crippen molar-refractivity contribution in [3.63, 3.8) is 0 Å². The van der Waals surface area contributed by atoms with Gasteiger partial charge >= 0.3 is 5.97 Å². The number of hydrogen-bond acceptors (Lipinski definition) is 5. The molecule has 1 aliphatic rings. The molecule has 0 aromatic heterocycles. The second kappa shape index (κ2) is 11.9. The van der Waals surface area contributed by atoms with E-state index in [1.807, 2.05) is 0 Å². The van der Waals surface area contributed by atoms with Crippen LogP contribution in [0.1, 0.15) is 32.6 Å². The zero-order valence-electron chi connectivity index (χ0n) is 23.9. The molecule has 0 saturated heterocycles. The molecule has 1 amide bonds. The molecule has 2 N–H and O–H groups in total. The number of rotatable bonds is 9. The zero-order valence-corrected chi connectivity index (χ0v) is 24.7. The summed E-state index contributed by atoms with van der Waals surface area (Å²) >= 11 is 0. The van der Waals surface area contributed by atoms with Crippen LogP contribution in [0, 0.1) is 26.6 Å². The van der Waals surface area contributed by atoms with E-state index in [9.17, 15) is 27.5 Å². The third-order valence-electron chi connectivity index (χ3n) is 7.49. The van der Waals surface area contributed by atoms with Crippen molar-refractivity contribution in [3.05, 3.63) is 112 Å². The number of anilines is 1. The van der Waals surface area contributed by atoms with E-state index in [0.717, 1.165) is 22.3 Å². The van der Waals surface area contributed by atoms with Crippen molar-refractivity contribution in [2.24, 2.45) is 0 Å². The lowest BCUT2D eigenvalue weighted by Gasteiger charge is -2.26. The molecular weight excluding hydrogens is 571 g/mol. The fourth-order valence-electron chi connectivity index (χ4n) is 5.47. The van der Waals surface area contributed by atoms with Gasteiger partial charge in [-0.25, -0.2) is 17.6 Å². The molecule has 1 aliphatic heterocycles. The highest BCUT2D eigenvalue weighted by atomic mass is 32.2. The number of halogens is 1. The molecule has 8 nitrogen and oxygen atoms in total. The molecule has 0 spiro atoms. The Hall–Kier alpha value is -4.70. The summed E-state index contributed by atoms with van der Waals surface area (Å²) in [6.45, 7) is 5.51. The van der Waals surface area contributed by atoms with Gasteiger partial charge < -0.3 is 15.2 Å². The van der Waals surface area contributed by atoms with E-state index >= 15 is 0 Å². The van der Waals surface area contributed by atoms with Crippen LogP contribution in [0.4, 0.5) is 10.1 Å². The summed E-state index contributed by atoms with van der Waals surface area (Å²) in [5.74, 6) is -1.29. The molecular formula is C33H31FN2O6S. The van der Waals surface area contributed by atoms with Crippen LogP contribution in [0.5, 0.6) is 5.75 Å². The highest BCUT2D eigenvalue weighted by molar-refractivity contribution is 7.93. The van der Waals surface area contributed by atoms with Crippen LogP contribution in [0.3, 0.4) is 0 Å². The van der Waals surface area contributed by atoms with Gasteiger partial charge in [0.25, 0.3) is 10.0 Å². The molecule has 0 aliphatic carbocycles. The number of nitrogens with zero attached hydrogens (tertiary/aromatic N) is 1. The Morgan fingerprint density at radius 1 is 0.953 bits per heavy atom. The number of amides is 1. The molecule has 1 atom stereocenters. The van der Waals surface area contributed by atoms with Crippen molar-refractivity contribution in [1.82, 2.24) is 5.32 Å². The second-order valence-electron chi connectivity index (χ2n) is 10.5. The standard InChI is InChI=1S/C33H31FN2O6S/c1-20-18-26(34)10-13-28(20)23-8-11-27(12-9-23)43(40,41)36-29-7-5-4-6-24(29)19-30(36)32(37)35-14-15-42-31-21(2)16-25(33(38)39)17-22(31)3/h4-13,16-18,30H,14-15,19H2,1-3H3,(H,35,37)(H,38,39)/t30-/m0/s1. The lowest BCUT2D eigenvalue weighted by atomic mass is 10.0. The molecule has 10 heteroatoms. The molecule has 1 heterocycles. The smallest absolute Gasteiger partial charge is 0.335 e. The van der Waals surface area contributed by atoms with Gasteiger partial charge in [0, 0.05) is 6.42 Å². The number of para-hydroxylation sites is 1. The van der Waals surface area contributed by atoms with E-state index in [2.05, 4.69) is 5.32 Å². The number of hydrogen-bond donors (Lipinski definition) is 2. The Morgan fingerprint density at radius 2 is 1.63 bits per heavy atom. The summed E-state index contributed by atoms with van der Waals surface area (Å²) in [7, 11) is -4.12. The minimum atomic E-state index is -4.12. The van der Waals surface area contributed by atoms with Crippen molar-refractivity contribution in [3.8, 4) is 16.9 Å². The Morgan fingerprint density at radius 3 is 2.28 bits per heavy atom. The SMILES string of the molecule is Cc1cc(F)ccc1-c1ccc(S(=O)(=O)N2c3ccccc3C[C@H]2C(=O)NCCOc2c(C)cc(C(=O)O)cc2C)cc1. The maximum absolute atomic E-state index is 14.0. The number of ether oxygens (including phenoxy) is 1. The Bertz CT molecular complexity index is 1800. The number of carbonyl (C=O) groups is 2. The van der Waals surface area contributed by atoms with E-state index in [1.165, 1.54) is 40.7 Å². The third-order valence-corrected chi connectivity index (χ3v) is 9.33. The fourth-order valence-corrected chi connectivity index (χ4v) is 7.12. The lowest BCUT2D eigenvalue weighted by molar-refractivity contribution is -0.122. The van der Waals surface area contributed by atoms with E-state index < -0.39 is 27.9 Å². The molecule has 0 unspecified atom stereocenters. The lowest BCUT2D eigenvalue weighted by Crippen LogP contribution is -2.48. The van der Waals surface area contributed by atoms with Crippen LogP contribution < -0.4 is 14.4 Å². The highest BCUT2D eigenvalue weighted by Crippen LogP contribution is 2.37. The number of aromatic carboxylic acids is 1. The van der Waals surface area contributed by atoms with E-state index in [-0.39, 0.29) is 35.8 Å². The zero-order chi connectivity index (χ0) is 30.9. The van der Waals surface area contributed by atoms with Crippen LogP contribution in [0.2, 0.25) is 0 Å². The summed E-state index contributed by atoms with van der Waals surface area (Å²) < 4.78 is 48.5. The number of sulfonamides is 1. The fraction of sp³-hybridized carbons (Fsp3) is 0.212. The van der Waals surface area contributed by atoms with Crippen LogP contribution in [-0.2, 0) is 21.2 Å². The Kier molecular flexibility index (Phi) is 8.23. The van der Waals surface area contributed by atoms with Crippen molar-refractivity contribution < 1.29 is 32.2 Å².